The number of primary amides is 1. The van der Waals surface area contributed by atoms with Gasteiger partial charge in [0.1, 0.15) is 27.9 Å². The molecular formula is C32H31ClN4O10. The minimum atomic E-state index is -2.07. The van der Waals surface area contributed by atoms with Crippen molar-refractivity contribution >= 4 is 34.9 Å². The van der Waals surface area contributed by atoms with Crippen molar-refractivity contribution in [3.05, 3.63) is 78.1 Å². The number of nitrogens with zero attached hydrogens (tertiary/aromatic N) is 2. The molecule has 1 amide bonds. The predicted octanol–water partition coefficient (Wildman–Crippen LogP) is 2.06. The molecule has 246 valence electrons. The molecule has 1 spiro atoms. The number of amides is 1. The zero-order valence-corrected chi connectivity index (χ0v) is 27.1. The van der Waals surface area contributed by atoms with Gasteiger partial charge in [-0.2, -0.15) is 0 Å². The van der Waals surface area contributed by atoms with Crippen LogP contribution in [0.2, 0.25) is 5.02 Å². The highest BCUT2D eigenvalue weighted by atomic mass is 35.5. The first-order valence-corrected chi connectivity index (χ1v) is 14.8. The molecule has 1 aromatic heterocycles. The molecule has 3 N–H and O–H groups in total. The number of halogens is 1. The first-order valence-electron chi connectivity index (χ1n) is 14.4. The van der Waals surface area contributed by atoms with E-state index in [1.807, 2.05) is 0 Å². The molecule has 1 aliphatic carbocycles. The summed E-state index contributed by atoms with van der Waals surface area (Å²) < 4.78 is 30.5. The van der Waals surface area contributed by atoms with Crippen LogP contribution in [0, 0.1) is 5.92 Å². The largest absolute Gasteiger partial charge is 0.496 e. The van der Waals surface area contributed by atoms with Gasteiger partial charge >= 0.3 is 5.69 Å². The molecule has 15 heteroatoms. The third kappa shape index (κ3) is 4.42. The number of ether oxygens (including phenoxy) is 5. The third-order valence-corrected chi connectivity index (χ3v) is 9.32. The summed E-state index contributed by atoms with van der Waals surface area (Å²) in [6, 6.07) is 6.12. The number of allylic oxidation sites excluding steroid dienone is 1. The Morgan fingerprint density at radius 1 is 1.00 bits per heavy atom. The minimum Gasteiger partial charge on any atom is -0.496 e. The number of hydrogen-bond acceptors (Lipinski definition) is 11. The van der Waals surface area contributed by atoms with E-state index in [1.165, 1.54) is 52.1 Å². The Balaban J connectivity index is 1.59. The Morgan fingerprint density at radius 3 is 2.32 bits per heavy atom. The average Bonchev–Trinajstić information content (AvgIpc) is 3.38. The SMILES string of the molecule is COc1cc(C2C3=C(CC(C)C4(Oc5c(Cl)c(OC)cc(OC)c5C4=O)C3=O)Nc3c2c(=O)n(C)c(=O)n3C)ccc1OCC(N)=O. The second-order valence-corrected chi connectivity index (χ2v) is 11.9. The number of ketones is 2. The summed E-state index contributed by atoms with van der Waals surface area (Å²) in [5, 5.41) is 3.16. The molecule has 3 heterocycles. The maximum absolute atomic E-state index is 15.0. The fourth-order valence-corrected chi connectivity index (χ4v) is 6.92. The van der Waals surface area contributed by atoms with Gasteiger partial charge in [-0.1, -0.05) is 24.6 Å². The monoisotopic (exact) mass is 666 g/mol. The highest BCUT2D eigenvalue weighted by Crippen LogP contribution is 2.56. The van der Waals surface area contributed by atoms with Crippen molar-refractivity contribution in [2.24, 2.45) is 25.7 Å². The number of nitrogens with two attached hydrogens (primary N) is 1. The van der Waals surface area contributed by atoms with E-state index < -0.39 is 52.8 Å². The highest BCUT2D eigenvalue weighted by Gasteiger charge is 2.63. The molecule has 0 radical (unpaired) electrons. The Kier molecular flexibility index (Phi) is 7.58. The predicted molar refractivity (Wildman–Crippen MR) is 168 cm³/mol. The van der Waals surface area contributed by atoms with Crippen molar-refractivity contribution < 1.29 is 38.1 Å². The molecule has 3 aliphatic rings. The van der Waals surface area contributed by atoms with Gasteiger partial charge in [-0.3, -0.25) is 28.3 Å². The molecule has 2 aromatic carbocycles. The van der Waals surface area contributed by atoms with Crippen LogP contribution in [-0.2, 0) is 23.7 Å². The number of aromatic nitrogens is 2. The van der Waals surface area contributed by atoms with Gasteiger partial charge in [0, 0.05) is 43.3 Å². The van der Waals surface area contributed by atoms with Crippen LogP contribution in [0.3, 0.4) is 0 Å². The molecule has 0 fully saturated rings. The molecule has 47 heavy (non-hydrogen) atoms. The van der Waals surface area contributed by atoms with Gasteiger partial charge < -0.3 is 34.7 Å². The summed E-state index contributed by atoms with van der Waals surface area (Å²) in [6.45, 7) is 1.28. The summed E-state index contributed by atoms with van der Waals surface area (Å²) in [5.74, 6) is -3.07. The van der Waals surface area contributed by atoms with E-state index in [1.54, 1.807) is 19.1 Å². The number of anilines is 1. The smallest absolute Gasteiger partial charge is 0.332 e. The van der Waals surface area contributed by atoms with Crippen molar-refractivity contribution in [3.63, 3.8) is 0 Å². The van der Waals surface area contributed by atoms with Crippen LogP contribution in [-0.4, -0.2) is 60.1 Å². The topological polar surface area (TPSA) is 179 Å². The summed E-state index contributed by atoms with van der Waals surface area (Å²) in [6.07, 6.45) is 0.119. The third-order valence-electron chi connectivity index (χ3n) is 8.97. The second-order valence-electron chi connectivity index (χ2n) is 11.5. The normalized spacial score (nSPS) is 21.0. The van der Waals surface area contributed by atoms with Gasteiger partial charge in [-0.15, -0.1) is 0 Å². The fraction of sp³-hybridized carbons (Fsp3) is 0.344. The maximum atomic E-state index is 15.0. The number of carbonyl (C=O) groups excluding carboxylic acids is 3. The van der Waals surface area contributed by atoms with E-state index in [2.05, 4.69) is 5.32 Å². The van der Waals surface area contributed by atoms with E-state index in [0.717, 1.165) is 4.57 Å². The van der Waals surface area contributed by atoms with Crippen molar-refractivity contribution in [2.75, 3.05) is 33.3 Å². The van der Waals surface area contributed by atoms with Gasteiger partial charge in [0.05, 0.1) is 26.9 Å². The molecule has 0 saturated carbocycles. The van der Waals surface area contributed by atoms with Crippen LogP contribution in [0.4, 0.5) is 5.82 Å². The molecule has 3 atom stereocenters. The van der Waals surface area contributed by atoms with Crippen LogP contribution in [0.1, 0.15) is 40.7 Å². The average molecular weight is 667 g/mol. The van der Waals surface area contributed by atoms with Crippen LogP contribution in [0.5, 0.6) is 28.7 Å². The number of rotatable bonds is 7. The van der Waals surface area contributed by atoms with Gasteiger partial charge in [-0.25, -0.2) is 4.79 Å². The van der Waals surface area contributed by atoms with Crippen molar-refractivity contribution in [3.8, 4) is 28.7 Å². The zero-order chi connectivity index (χ0) is 34.1. The van der Waals surface area contributed by atoms with E-state index in [4.69, 9.17) is 41.0 Å². The molecule has 0 saturated heterocycles. The molecule has 14 nitrogen and oxygen atoms in total. The molecule has 3 unspecified atom stereocenters. The second kappa shape index (κ2) is 11.2. The quantitative estimate of drug-likeness (QED) is 0.353. The van der Waals surface area contributed by atoms with Gasteiger partial charge in [0.25, 0.3) is 11.5 Å². The Labute approximate surface area is 272 Å². The molecule has 0 bridgehead atoms. The first-order chi connectivity index (χ1) is 22.3. The Hall–Kier alpha value is -5.24. The number of carbonyl (C=O) groups is 3. The van der Waals surface area contributed by atoms with E-state index in [-0.39, 0.29) is 62.7 Å². The number of benzene rings is 2. The van der Waals surface area contributed by atoms with Crippen LogP contribution in [0.15, 0.2) is 45.1 Å². The molecule has 2 aliphatic heterocycles. The molecular weight excluding hydrogens is 636 g/mol. The minimum absolute atomic E-state index is 0.000740. The van der Waals surface area contributed by atoms with Crippen molar-refractivity contribution in [1.82, 2.24) is 9.13 Å². The highest BCUT2D eigenvalue weighted by molar-refractivity contribution is 6.36. The van der Waals surface area contributed by atoms with E-state index >= 15 is 4.79 Å². The van der Waals surface area contributed by atoms with E-state index in [0.29, 0.717) is 11.3 Å². The lowest BCUT2D eigenvalue weighted by Crippen LogP contribution is -2.58. The van der Waals surface area contributed by atoms with Crippen LogP contribution in [0.25, 0.3) is 0 Å². The van der Waals surface area contributed by atoms with Gasteiger partial charge in [0.15, 0.2) is 23.9 Å². The van der Waals surface area contributed by atoms with Crippen molar-refractivity contribution in [1.29, 1.82) is 0 Å². The first kappa shape index (κ1) is 31.7. The number of hydrogen-bond donors (Lipinski definition) is 2. The van der Waals surface area contributed by atoms with Gasteiger partial charge in [-0.05, 0) is 24.1 Å². The van der Waals surface area contributed by atoms with Crippen LogP contribution < -0.4 is 46.0 Å². The van der Waals surface area contributed by atoms with E-state index in [9.17, 15) is 19.2 Å². The standard InChI is InChI=1S/C32H31ClN4O10/c1-13-9-15-22(27(39)32(13)28(40)23-18(44-5)11-19(45-6)25(33)26(23)47-32)21(24-29(35-15)36(2)31(42)37(3)30(24)41)14-7-8-16(17(10-14)43-4)46-12-20(34)38/h7-8,10-11,13,21,35H,9,12H2,1-6H3,(H2,34,38). The zero-order valence-electron chi connectivity index (χ0n) is 26.3. The molecule has 3 aromatic rings. The number of nitrogens with one attached hydrogen (secondary N) is 1. The Morgan fingerprint density at radius 2 is 1.68 bits per heavy atom. The summed E-state index contributed by atoms with van der Waals surface area (Å²) in [7, 11) is 7.00. The summed E-state index contributed by atoms with van der Waals surface area (Å²) in [4.78, 5) is 67.7. The van der Waals surface area contributed by atoms with Gasteiger partial charge in [0.2, 0.25) is 17.2 Å². The number of Topliss-reactive ketones (excluding diaryl/α,β-unsaturated/α-hetero) is 2. The van der Waals surface area contributed by atoms with Crippen LogP contribution >= 0.6 is 11.6 Å². The summed E-state index contributed by atoms with van der Waals surface area (Å²) in [5.41, 5.74) is 2.92. The number of methoxy groups -OCH3 is 3. The fourth-order valence-electron chi connectivity index (χ4n) is 6.65. The summed E-state index contributed by atoms with van der Waals surface area (Å²) >= 11 is 6.61. The van der Waals surface area contributed by atoms with Crippen molar-refractivity contribution in [2.45, 2.75) is 24.9 Å². The Bertz CT molecular complexity index is 2070. The molecule has 6 rings (SSSR count). The lowest BCUT2D eigenvalue weighted by Gasteiger charge is -2.42. The number of fused-ring (bicyclic) bond motifs is 2. The maximum Gasteiger partial charge on any atom is 0.332 e. The lowest BCUT2D eigenvalue weighted by atomic mass is 9.66. The lowest BCUT2D eigenvalue weighted by molar-refractivity contribution is -0.130.